The van der Waals surface area contributed by atoms with Crippen molar-refractivity contribution in [3.8, 4) is 0 Å². The van der Waals surface area contributed by atoms with Crippen LogP contribution in [-0.4, -0.2) is 17.9 Å². The molecular formula is C14H20N2O2S. The topological polar surface area (TPSA) is 72.2 Å². The predicted octanol–water partition coefficient (Wildman–Crippen LogP) is 2.40. The van der Waals surface area contributed by atoms with Crippen molar-refractivity contribution in [3.63, 3.8) is 0 Å². The lowest BCUT2D eigenvalue weighted by molar-refractivity contribution is 0.0903. The third-order valence-electron chi connectivity index (χ3n) is 3.86. The minimum Gasteiger partial charge on any atom is -0.366 e. The van der Waals surface area contributed by atoms with Crippen LogP contribution < -0.4 is 11.1 Å². The van der Waals surface area contributed by atoms with Crippen LogP contribution >= 0.6 is 11.3 Å². The van der Waals surface area contributed by atoms with Crippen LogP contribution in [0.1, 0.15) is 53.1 Å². The molecule has 5 heteroatoms. The zero-order valence-electron chi connectivity index (χ0n) is 11.3. The molecule has 3 atom stereocenters. The van der Waals surface area contributed by atoms with Crippen LogP contribution in [0.2, 0.25) is 0 Å². The van der Waals surface area contributed by atoms with Crippen molar-refractivity contribution in [2.45, 2.75) is 39.2 Å². The van der Waals surface area contributed by atoms with Crippen LogP contribution in [0.4, 0.5) is 0 Å². The van der Waals surface area contributed by atoms with E-state index in [1.807, 2.05) is 0 Å². The van der Waals surface area contributed by atoms with E-state index in [-0.39, 0.29) is 11.9 Å². The molecule has 0 spiro atoms. The minimum atomic E-state index is -0.491. The molecular weight excluding hydrogens is 260 g/mol. The third-order valence-corrected chi connectivity index (χ3v) is 4.78. The molecule has 1 fully saturated rings. The van der Waals surface area contributed by atoms with E-state index in [1.54, 1.807) is 11.4 Å². The SMILES string of the molecule is C[C@@H]1CC[C@@H](NC(=O)c2cc(C(N)=O)cs2)[C@@H](C)C1. The largest absolute Gasteiger partial charge is 0.366 e. The summed E-state index contributed by atoms with van der Waals surface area (Å²) in [5.41, 5.74) is 5.59. The van der Waals surface area contributed by atoms with Crippen LogP contribution in [0.3, 0.4) is 0 Å². The molecule has 2 amide bonds. The monoisotopic (exact) mass is 280 g/mol. The summed E-state index contributed by atoms with van der Waals surface area (Å²) >= 11 is 1.26. The molecule has 1 aromatic rings. The molecule has 4 nitrogen and oxygen atoms in total. The highest BCUT2D eigenvalue weighted by Gasteiger charge is 2.27. The average molecular weight is 280 g/mol. The molecule has 0 aliphatic heterocycles. The van der Waals surface area contributed by atoms with Crippen molar-refractivity contribution >= 4 is 23.2 Å². The van der Waals surface area contributed by atoms with Gasteiger partial charge in [-0.1, -0.05) is 13.8 Å². The lowest BCUT2D eigenvalue weighted by atomic mass is 9.80. The highest BCUT2D eigenvalue weighted by atomic mass is 32.1. The molecule has 1 aliphatic carbocycles. The normalized spacial score (nSPS) is 26.9. The fourth-order valence-corrected chi connectivity index (χ4v) is 3.50. The lowest BCUT2D eigenvalue weighted by Crippen LogP contribution is -2.42. The van der Waals surface area contributed by atoms with E-state index in [0.29, 0.717) is 16.4 Å². The maximum atomic E-state index is 12.1. The number of nitrogens with two attached hydrogens (primary N) is 1. The Bertz CT molecular complexity index is 484. The molecule has 0 unspecified atom stereocenters. The Hall–Kier alpha value is -1.36. The number of nitrogens with one attached hydrogen (secondary N) is 1. The quantitative estimate of drug-likeness (QED) is 0.892. The van der Waals surface area contributed by atoms with E-state index in [9.17, 15) is 9.59 Å². The van der Waals surface area contributed by atoms with Gasteiger partial charge in [0.1, 0.15) is 0 Å². The van der Waals surface area contributed by atoms with Crippen molar-refractivity contribution in [3.05, 3.63) is 21.9 Å². The second-order valence-electron chi connectivity index (χ2n) is 5.54. The van der Waals surface area contributed by atoms with Gasteiger partial charge in [-0.05, 0) is 37.2 Å². The fraction of sp³-hybridized carbons (Fsp3) is 0.571. The Labute approximate surface area is 117 Å². The standard InChI is InChI=1S/C14H20N2O2S/c1-8-3-4-11(9(2)5-8)16-14(18)12-6-10(7-19-12)13(15)17/h6-9,11H,3-5H2,1-2H3,(H2,15,17)(H,16,18)/t8-,9+,11-/m1/s1. The maximum absolute atomic E-state index is 12.1. The summed E-state index contributed by atoms with van der Waals surface area (Å²) in [6.07, 6.45) is 3.34. The van der Waals surface area contributed by atoms with Gasteiger partial charge in [-0.25, -0.2) is 0 Å². The first-order valence-electron chi connectivity index (χ1n) is 6.66. The summed E-state index contributed by atoms with van der Waals surface area (Å²) in [6.45, 7) is 4.44. The summed E-state index contributed by atoms with van der Waals surface area (Å²) in [7, 11) is 0. The molecule has 0 saturated heterocycles. The van der Waals surface area contributed by atoms with E-state index in [1.165, 1.54) is 11.3 Å². The van der Waals surface area contributed by atoms with E-state index in [4.69, 9.17) is 5.73 Å². The summed E-state index contributed by atoms with van der Waals surface area (Å²) < 4.78 is 0. The van der Waals surface area contributed by atoms with Crippen molar-refractivity contribution < 1.29 is 9.59 Å². The number of amides is 2. The first-order chi connectivity index (χ1) is 8.97. The smallest absolute Gasteiger partial charge is 0.261 e. The number of carbonyl (C=O) groups excluding carboxylic acids is 2. The Morgan fingerprint density at radius 2 is 2.11 bits per heavy atom. The third kappa shape index (κ3) is 3.35. The molecule has 3 N–H and O–H groups in total. The molecule has 1 heterocycles. The zero-order valence-corrected chi connectivity index (χ0v) is 12.1. The molecule has 2 rings (SSSR count). The van der Waals surface area contributed by atoms with Crippen LogP contribution in [0.5, 0.6) is 0 Å². The Balaban J connectivity index is 1.98. The van der Waals surface area contributed by atoms with Crippen molar-refractivity contribution in [1.82, 2.24) is 5.32 Å². The minimum absolute atomic E-state index is 0.0936. The number of thiophene rings is 1. The number of primary amides is 1. The second kappa shape index (κ2) is 5.74. The van der Waals surface area contributed by atoms with E-state index >= 15 is 0 Å². The van der Waals surface area contributed by atoms with Gasteiger partial charge < -0.3 is 11.1 Å². The lowest BCUT2D eigenvalue weighted by Gasteiger charge is -2.33. The fourth-order valence-electron chi connectivity index (χ4n) is 2.70. The molecule has 1 saturated carbocycles. The van der Waals surface area contributed by atoms with Crippen LogP contribution in [0.25, 0.3) is 0 Å². The van der Waals surface area contributed by atoms with Gasteiger partial charge in [-0.2, -0.15) is 0 Å². The van der Waals surface area contributed by atoms with Crippen LogP contribution in [0.15, 0.2) is 11.4 Å². The molecule has 19 heavy (non-hydrogen) atoms. The van der Waals surface area contributed by atoms with E-state index in [2.05, 4.69) is 19.2 Å². The van der Waals surface area contributed by atoms with Crippen molar-refractivity contribution in [2.24, 2.45) is 17.6 Å². The highest BCUT2D eigenvalue weighted by molar-refractivity contribution is 7.12. The number of carbonyl (C=O) groups is 2. The number of hydrogen-bond donors (Lipinski definition) is 2. The molecule has 0 radical (unpaired) electrons. The summed E-state index contributed by atoms with van der Waals surface area (Å²) in [4.78, 5) is 23.7. The predicted molar refractivity (Wildman–Crippen MR) is 76.3 cm³/mol. The van der Waals surface area contributed by atoms with Gasteiger partial charge >= 0.3 is 0 Å². The zero-order chi connectivity index (χ0) is 14.0. The highest BCUT2D eigenvalue weighted by Crippen LogP contribution is 2.29. The van der Waals surface area contributed by atoms with Crippen molar-refractivity contribution in [1.29, 1.82) is 0 Å². The summed E-state index contributed by atoms with van der Waals surface area (Å²) in [5, 5.41) is 4.71. The van der Waals surface area contributed by atoms with Gasteiger partial charge in [0.05, 0.1) is 10.4 Å². The van der Waals surface area contributed by atoms with Gasteiger partial charge in [-0.15, -0.1) is 11.3 Å². The van der Waals surface area contributed by atoms with Crippen LogP contribution in [-0.2, 0) is 0 Å². The van der Waals surface area contributed by atoms with E-state index < -0.39 is 5.91 Å². The van der Waals surface area contributed by atoms with Gasteiger partial charge in [0.2, 0.25) is 5.91 Å². The maximum Gasteiger partial charge on any atom is 0.261 e. The van der Waals surface area contributed by atoms with Gasteiger partial charge in [0.15, 0.2) is 0 Å². The van der Waals surface area contributed by atoms with Gasteiger partial charge in [0.25, 0.3) is 5.91 Å². The Kier molecular flexibility index (Phi) is 4.24. The number of rotatable bonds is 3. The van der Waals surface area contributed by atoms with Gasteiger partial charge in [-0.3, -0.25) is 9.59 Å². The first-order valence-corrected chi connectivity index (χ1v) is 7.54. The van der Waals surface area contributed by atoms with Crippen LogP contribution in [0, 0.1) is 11.8 Å². The molecule has 1 aliphatic rings. The average Bonchev–Trinajstić information content (AvgIpc) is 2.82. The van der Waals surface area contributed by atoms with Gasteiger partial charge in [0, 0.05) is 11.4 Å². The summed E-state index contributed by atoms with van der Waals surface area (Å²) in [6, 6.07) is 1.81. The summed E-state index contributed by atoms with van der Waals surface area (Å²) in [5.74, 6) is 0.661. The Morgan fingerprint density at radius 1 is 1.37 bits per heavy atom. The second-order valence-corrected chi connectivity index (χ2v) is 6.45. The number of hydrogen-bond acceptors (Lipinski definition) is 3. The molecule has 0 aromatic carbocycles. The Morgan fingerprint density at radius 3 is 2.68 bits per heavy atom. The van der Waals surface area contributed by atoms with E-state index in [0.717, 1.165) is 25.2 Å². The molecule has 104 valence electrons. The van der Waals surface area contributed by atoms with Crippen molar-refractivity contribution in [2.75, 3.05) is 0 Å². The molecule has 0 bridgehead atoms. The first kappa shape index (κ1) is 14.1. The molecule has 1 aromatic heterocycles.